The van der Waals surface area contributed by atoms with Crippen LogP contribution in [0.2, 0.25) is 0 Å². The van der Waals surface area contributed by atoms with E-state index >= 15 is 0 Å². The van der Waals surface area contributed by atoms with Gasteiger partial charge in [-0.1, -0.05) is 90.2 Å². The molecule has 38 heavy (non-hydrogen) atoms. The summed E-state index contributed by atoms with van der Waals surface area (Å²) >= 11 is 6.64. The van der Waals surface area contributed by atoms with Gasteiger partial charge >= 0.3 is 0 Å². The third kappa shape index (κ3) is 11.0. The van der Waals surface area contributed by atoms with Crippen molar-refractivity contribution in [2.45, 2.75) is 101 Å². The predicted octanol–water partition coefficient (Wildman–Crippen LogP) is 9.01. The number of unbranched alkanes of at least 4 members (excludes halogenated alkanes) is 10. The van der Waals surface area contributed by atoms with Crippen LogP contribution in [0.5, 0.6) is 0 Å². The lowest BCUT2D eigenvalue weighted by molar-refractivity contribution is 0.305. The van der Waals surface area contributed by atoms with Gasteiger partial charge in [-0.2, -0.15) is 16.8 Å². The lowest BCUT2D eigenvalue weighted by Crippen LogP contribution is -2.09. The zero-order valence-electron chi connectivity index (χ0n) is 22.4. The molecule has 10 heteroatoms. The summed E-state index contributed by atoms with van der Waals surface area (Å²) in [5.41, 5.74) is 1.10. The predicted molar refractivity (Wildman–Crippen MR) is 160 cm³/mol. The Bertz CT molecular complexity index is 1120. The summed E-state index contributed by atoms with van der Waals surface area (Å²) < 4.78 is 63.0. The molecule has 0 fully saturated rings. The Hall–Kier alpha value is -0.780. The molecule has 0 amide bonds. The SMILES string of the molecule is CCCCCCCCOS(=O)(=O)c1cc(-c2ccc(Br)c(S(=O)(=O)OCCCCCCCC)c2)ccc1Br. The van der Waals surface area contributed by atoms with Crippen molar-refractivity contribution in [3.05, 3.63) is 45.3 Å². The monoisotopic (exact) mass is 694 g/mol. The van der Waals surface area contributed by atoms with E-state index in [0.29, 0.717) is 32.9 Å². The molecule has 0 spiro atoms. The van der Waals surface area contributed by atoms with Crippen molar-refractivity contribution in [1.29, 1.82) is 0 Å². The van der Waals surface area contributed by atoms with Crippen LogP contribution >= 0.6 is 31.9 Å². The van der Waals surface area contributed by atoms with Gasteiger partial charge in [-0.3, -0.25) is 8.37 Å². The fraction of sp³-hybridized carbons (Fsp3) is 0.571. The van der Waals surface area contributed by atoms with Crippen LogP contribution in [0.1, 0.15) is 90.9 Å². The summed E-state index contributed by atoms with van der Waals surface area (Å²) in [7, 11) is -7.98. The molecule has 0 heterocycles. The molecular formula is C28H40Br2O6S2. The Morgan fingerprint density at radius 1 is 0.553 bits per heavy atom. The lowest BCUT2D eigenvalue weighted by Gasteiger charge is -2.12. The molecule has 6 nitrogen and oxygen atoms in total. The highest BCUT2D eigenvalue weighted by molar-refractivity contribution is 9.10. The van der Waals surface area contributed by atoms with E-state index in [-0.39, 0.29) is 23.0 Å². The maximum Gasteiger partial charge on any atom is 0.298 e. The van der Waals surface area contributed by atoms with E-state index in [9.17, 15) is 16.8 Å². The molecule has 214 valence electrons. The van der Waals surface area contributed by atoms with E-state index in [1.165, 1.54) is 25.0 Å². The van der Waals surface area contributed by atoms with E-state index in [4.69, 9.17) is 8.37 Å². The fourth-order valence-corrected chi connectivity index (χ4v) is 7.75. The van der Waals surface area contributed by atoms with Gasteiger partial charge in [0.15, 0.2) is 0 Å². The maximum atomic E-state index is 12.9. The van der Waals surface area contributed by atoms with Crippen molar-refractivity contribution in [2.24, 2.45) is 0 Å². The second-order valence-electron chi connectivity index (χ2n) is 9.38. The standard InChI is InChI=1S/C28H40Br2O6S2/c1-3-5-7-9-11-13-19-35-37(31,32)27-21-23(15-17-25(27)29)24-16-18-26(30)28(22-24)38(33,34)36-20-14-12-10-8-6-4-2/h15-18,21-22H,3-14,19-20H2,1-2H3. The zero-order valence-corrected chi connectivity index (χ0v) is 27.2. The van der Waals surface area contributed by atoms with Gasteiger partial charge in [-0.05, 0) is 80.1 Å². The molecule has 2 rings (SSSR count). The van der Waals surface area contributed by atoms with Crippen molar-refractivity contribution >= 4 is 52.1 Å². The summed E-state index contributed by atoms with van der Waals surface area (Å²) in [5, 5.41) is 0. The third-order valence-electron chi connectivity index (χ3n) is 6.21. The first-order valence-electron chi connectivity index (χ1n) is 13.5. The number of rotatable bonds is 19. The maximum absolute atomic E-state index is 12.9. The normalized spacial score (nSPS) is 12.2. The molecule has 0 radical (unpaired) electrons. The van der Waals surface area contributed by atoms with Gasteiger partial charge in [0.05, 0.1) is 13.2 Å². The minimum Gasteiger partial charge on any atom is -0.266 e. The van der Waals surface area contributed by atoms with Crippen molar-refractivity contribution in [3.8, 4) is 11.1 Å². The topological polar surface area (TPSA) is 86.7 Å². The number of hydrogen-bond acceptors (Lipinski definition) is 6. The van der Waals surface area contributed by atoms with E-state index in [1.54, 1.807) is 24.3 Å². The van der Waals surface area contributed by atoms with E-state index < -0.39 is 20.2 Å². The Balaban J connectivity index is 2.11. The summed E-state index contributed by atoms with van der Waals surface area (Å²) in [6.45, 7) is 4.56. The van der Waals surface area contributed by atoms with Crippen molar-refractivity contribution < 1.29 is 25.2 Å². The van der Waals surface area contributed by atoms with Crippen molar-refractivity contribution in [2.75, 3.05) is 13.2 Å². The average Bonchev–Trinajstić information content (AvgIpc) is 2.88. The van der Waals surface area contributed by atoms with Crippen LogP contribution in [0.4, 0.5) is 0 Å². The second-order valence-corrected chi connectivity index (χ2v) is 14.3. The van der Waals surface area contributed by atoms with Crippen LogP contribution in [-0.2, 0) is 28.6 Å². The first-order valence-corrected chi connectivity index (χ1v) is 17.9. The van der Waals surface area contributed by atoms with Crippen LogP contribution in [0.25, 0.3) is 11.1 Å². The van der Waals surface area contributed by atoms with Crippen molar-refractivity contribution in [3.63, 3.8) is 0 Å². The highest BCUT2D eigenvalue weighted by atomic mass is 79.9. The molecule has 0 bridgehead atoms. The van der Waals surface area contributed by atoms with Gasteiger partial charge < -0.3 is 0 Å². The molecule has 0 saturated carbocycles. The third-order valence-corrected chi connectivity index (χ3v) is 10.8. The highest BCUT2D eigenvalue weighted by Gasteiger charge is 2.22. The van der Waals surface area contributed by atoms with Crippen LogP contribution in [0.3, 0.4) is 0 Å². The van der Waals surface area contributed by atoms with Crippen LogP contribution < -0.4 is 0 Å². The quantitative estimate of drug-likeness (QED) is 0.108. The summed E-state index contributed by atoms with van der Waals surface area (Å²) in [6.07, 6.45) is 12.3. The highest BCUT2D eigenvalue weighted by Crippen LogP contribution is 2.33. The molecule has 0 unspecified atom stereocenters. The van der Waals surface area contributed by atoms with Crippen LogP contribution in [0.15, 0.2) is 55.1 Å². The molecule has 0 aromatic heterocycles. The largest absolute Gasteiger partial charge is 0.298 e. The summed E-state index contributed by atoms with van der Waals surface area (Å²) in [4.78, 5) is 0.0141. The van der Waals surface area contributed by atoms with Crippen LogP contribution in [-0.4, -0.2) is 30.0 Å². The molecule has 2 aromatic carbocycles. The van der Waals surface area contributed by atoms with Gasteiger partial charge in [-0.15, -0.1) is 0 Å². The average molecular weight is 697 g/mol. The van der Waals surface area contributed by atoms with Gasteiger partial charge in [-0.25, -0.2) is 0 Å². The number of hydrogen-bond donors (Lipinski definition) is 0. The summed E-state index contributed by atoms with van der Waals surface area (Å²) in [6, 6.07) is 9.71. The molecule has 0 aliphatic heterocycles. The Kier molecular flexibility index (Phi) is 15.1. The molecule has 2 aromatic rings. The first kappa shape index (κ1) is 33.4. The molecular weight excluding hydrogens is 656 g/mol. The molecule has 0 N–H and O–H groups in total. The molecule has 0 atom stereocenters. The van der Waals surface area contributed by atoms with Gasteiger partial charge in [0.1, 0.15) is 9.79 Å². The smallest absolute Gasteiger partial charge is 0.266 e. The fourth-order valence-electron chi connectivity index (χ4n) is 3.98. The summed E-state index contributed by atoms with van der Waals surface area (Å²) in [5.74, 6) is 0. The minimum absolute atomic E-state index is 0.00707. The molecule has 0 saturated heterocycles. The Morgan fingerprint density at radius 2 is 0.895 bits per heavy atom. The number of benzene rings is 2. The minimum atomic E-state index is -3.99. The Labute approximate surface area is 246 Å². The van der Waals surface area contributed by atoms with Gasteiger partial charge in [0.2, 0.25) is 0 Å². The van der Waals surface area contributed by atoms with Crippen molar-refractivity contribution in [1.82, 2.24) is 0 Å². The zero-order chi connectivity index (χ0) is 28.0. The first-order chi connectivity index (χ1) is 18.1. The molecule has 0 aliphatic carbocycles. The second kappa shape index (κ2) is 17.1. The molecule has 0 aliphatic rings. The Morgan fingerprint density at radius 3 is 1.26 bits per heavy atom. The van der Waals surface area contributed by atoms with Crippen LogP contribution in [0, 0.1) is 0 Å². The number of halogens is 2. The van der Waals surface area contributed by atoms with Gasteiger partial charge in [0.25, 0.3) is 20.2 Å². The van der Waals surface area contributed by atoms with E-state index in [1.807, 2.05) is 0 Å². The lowest BCUT2D eigenvalue weighted by atomic mass is 10.1. The van der Waals surface area contributed by atoms with Gasteiger partial charge in [0, 0.05) is 8.95 Å². The van der Waals surface area contributed by atoms with E-state index in [0.717, 1.165) is 51.4 Å². The van der Waals surface area contributed by atoms with E-state index in [2.05, 4.69) is 45.7 Å².